The average Bonchev–Trinajstić information content (AvgIpc) is 2.58. The maximum Gasteiger partial charge on any atom is 0.250 e. The summed E-state index contributed by atoms with van der Waals surface area (Å²) in [5.74, 6) is 0. The van der Waals surface area contributed by atoms with E-state index in [1.165, 1.54) is 0 Å². The number of hydrogen-bond donors (Lipinski definition) is 0. The second-order valence-corrected chi connectivity index (χ2v) is 5.39. The van der Waals surface area contributed by atoms with Gasteiger partial charge in [-0.3, -0.25) is 4.79 Å². The van der Waals surface area contributed by atoms with Crippen LogP contribution in [0, 0.1) is 6.92 Å². The molecule has 2 aromatic heterocycles. The number of aromatic nitrogens is 2. The van der Waals surface area contributed by atoms with Crippen LogP contribution in [-0.4, -0.2) is 9.55 Å². The first kappa shape index (κ1) is 10.6. The van der Waals surface area contributed by atoms with Crippen LogP contribution in [0.2, 0.25) is 0 Å². The standard InChI is InChI=1S/C10H9BrN2OS/c1-7-12-4-9(15-7)6-13-5-8(11)2-3-10(13)14/h2-5H,6H2,1H3. The molecule has 0 amide bonds. The second kappa shape index (κ2) is 4.28. The molecule has 0 radical (unpaired) electrons. The summed E-state index contributed by atoms with van der Waals surface area (Å²) in [5, 5.41) is 1.02. The Morgan fingerprint density at radius 2 is 2.33 bits per heavy atom. The van der Waals surface area contributed by atoms with Crippen molar-refractivity contribution in [3.05, 3.63) is 49.2 Å². The van der Waals surface area contributed by atoms with Gasteiger partial charge in [0.05, 0.1) is 11.6 Å². The van der Waals surface area contributed by atoms with E-state index in [-0.39, 0.29) is 5.56 Å². The molecule has 0 spiro atoms. The zero-order valence-corrected chi connectivity index (χ0v) is 10.5. The molecule has 0 aromatic carbocycles. The summed E-state index contributed by atoms with van der Waals surface area (Å²) in [5.41, 5.74) is 0.00394. The normalized spacial score (nSPS) is 10.5. The summed E-state index contributed by atoms with van der Waals surface area (Å²) < 4.78 is 2.57. The quantitative estimate of drug-likeness (QED) is 0.849. The van der Waals surface area contributed by atoms with Crippen LogP contribution in [0.1, 0.15) is 9.88 Å². The van der Waals surface area contributed by atoms with Crippen LogP contribution in [0.4, 0.5) is 0 Å². The molecule has 2 aromatic rings. The molecule has 0 bridgehead atoms. The molecule has 0 aliphatic rings. The third-order valence-electron chi connectivity index (χ3n) is 1.94. The minimum absolute atomic E-state index is 0.00394. The molecule has 0 saturated heterocycles. The molecule has 0 unspecified atom stereocenters. The Bertz CT molecular complexity index is 532. The van der Waals surface area contributed by atoms with Crippen LogP contribution in [0.15, 0.2) is 33.8 Å². The molecule has 78 valence electrons. The highest BCUT2D eigenvalue weighted by Crippen LogP contribution is 2.13. The Morgan fingerprint density at radius 3 is 3.00 bits per heavy atom. The van der Waals surface area contributed by atoms with Crippen molar-refractivity contribution in [1.29, 1.82) is 0 Å². The predicted molar refractivity (Wildman–Crippen MR) is 64.4 cm³/mol. The van der Waals surface area contributed by atoms with E-state index in [2.05, 4.69) is 20.9 Å². The van der Waals surface area contributed by atoms with E-state index in [9.17, 15) is 4.79 Å². The lowest BCUT2D eigenvalue weighted by molar-refractivity contribution is 0.765. The number of rotatable bonds is 2. The molecular weight excluding hydrogens is 276 g/mol. The summed E-state index contributed by atoms with van der Waals surface area (Å²) in [6.07, 6.45) is 3.60. The van der Waals surface area contributed by atoms with Crippen LogP contribution < -0.4 is 5.56 Å². The van der Waals surface area contributed by atoms with Gasteiger partial charge in [0.25, 0.3) is 5.56 Å². The van der Waals surface area contributed by atoms with Crippen molar-refractivity contribution in [2.75, 3.05) is 0 Å². The van der Waals surface area contributed by atoms with Crippen molar-refractivity contribution in [1.82, 2.24) is 9.55 Å². The summed E-state index contributed by atoms with van der Waals surface area (Å²) in [7, 11) is 0. The monoisotopic (exact) mass is 284 g/mol. The molecular formula is C10H9BrN2OS. The highest BCUT2D eigenvalue weighted by Gasteiger charge is 2.01. The number of aryl methyl sites for hydroxylation is 1. The van der Waals surface area contributed by atoms with Crippen molar-refractivity contribution in [2.45, 2.75) is 13.5 Å². The molecule has 3 nitrogen and oxygen atoms in total. The lowest BCUT2D eigenvalue weighted by atomic mass is 10.4. The minimum Gasteiger partial charge on any atom is -0.309 e. The van der Waals surface area contributed by atoms with E-state index in [4.69, 9.17) is 0 Å². The van der Waals surface area contributed by atoms with Crippen LogP contribution in [-0.2, 0) is 6.54 Å². The summed E-state index contributed by atoms with van der Waals surface area (Å²) >= 11 is 4.95. The Morgan fingerprint density at radius 1 is 1.53 bits per heavy atom. The highest BCUT2D eigenvalue weighted by atomic mass is 79.9. The second-order valence-electron chi connectivity index (χ2n) is 3.16. The van der Waals surface area contributed by atoms with Gasteiger partial charge in [-0.1, -0.05) is 0 Å². The van der Waals surface area contributed by atoms with Crippen molar-refractivity contribution in [3.8, 4) is 0 Å². The van der Waals surface area contributed by atoms with Gasteiger partial charge in [-0.25, -0.2) is 4.98 Å². The van der Waals surface area contributed by atoms with Crippen molar-refractivity contribution >= 4 is 27.3 Å². The van der Waals surface area contributed by atoms with Crippen LogP contribution in [0.3, 0.4) is 0 Å². The molecule has 0 aliphatic heterocycles. The third-order valence-corrected chi connectivity index (χ3v) is 3.31. The Kier molecular flexibility index (Phi) is 3.02. The van der Waals surface area contributed by atoms with Gasteiger partial charge in [0.2, 0.25) is 0 Å². The van der Waals surface area contributed by atoms with Gasteiger partial charge in [0.1, 0.15) is 0 Å². The molecule has 15 heavy (non-hydrogen) atoms. The van der Waals surface area contributed by atoms with Gasteiger partial charge in [0, 0.05) is 27.8 Å². The van der Waals surface area contributed by atoms with E-state index in [0.29, 0.717) is 6.54 Å². The first-order valence-corrected chi connectivity index (χ1v) is 6.03. The summed E-state index contributed by atoms with van der Waals surface area (Å²) in [6.45, 7) is 2.54. The molecule has 2 rings (SSSR count). The van der Waals surface area contributed by atoms with Gasteiger partial charge >= 0.3 is 0 Å². The van der Waals surface area contributed by atoms with Gasteiger partial charge < -0.3 is 4.57 Å². The lowest BCUT2D eigenvalue weighted by Gasteiger charge is -2.02. The van der Waals surface area contributed by atoms with E-state index in [1.807, 2.05) is 13.1 Å². The number of thiazole rings is 1. The predicted octanol–water partition coefficient (Wildman–Crippen LogP) is 2.42. The fourth-order valence-electron chi connectivity index (χ4n) is 1.27. The van der Waals surface area contributed by atoms with Gasteiger partial charge in [-0.2, -0.15) is 0 Å². The molecule has 2 heterocycles. The zero-order chi connectivity index (χ0) is 10.8. The van der Waals surface area contributed by atoms with E-state index < -0.39 is 0 Å². The van der Waals surface area contributed by atoms with E-state index in [1.54, 1.807) is 34.2 Å². The maximum absolute atomic E-state index is 11.5. The van der Waals surface area contributed by atoms with Crippen LogP contribution in [0.25, 0.3) is 0 Å². The molecule has 5 heteroatoms. The largest absolute Gasteiger partial charge is 0.309 e. The highest BCUT2D eigenvalue weighted by molar-refractivity contribution is 9.10. The van der Waals surface area contributed by atoms with Gasteiger partial charge in [-0.15, -0.1) is 11.3 Å². The third kappa shape index (κ3) is 2.54. The lowest BCUT2D eigenvalue weighted by Crippen LogP contribution is -2.18. The Balaban J connectivity index is 2.31. The number of hydrogen-bond acceptors (Lipinski definition) is 3. The first-order chi connectivity index (χ1) is 7.15. The number of nitrogens with zero attached hydrogens (tertiary/aromatic N) is 2. The molecule has 0 saturated carbocycles. The summed E-state index contributed by atoms with van der Waals surface area (Å²) in [4.78, 5) is 16.8. The maximum atomic E-state index is 11.5. The van der Waals surface area contributed by atoms with Crippen molar-refractivity contribution < 1.29 is 0 Å². The fraction of sp³-hybridized carbons (Fsp3) is 0.200. The molecule has 0 fully saturated rings. The topological polar surface area (TPSA) is 34.9 Å². The van der Waals surface area contributed by atoms with Crippen LogP contribution in [0.5, 0.6) is 0 Å². The zero-order valence-electron chi connectivity index (χ0n) is 8.11. The van der Waals surface area contributed by atoms with Gasteiger partial charge in [-0.05, 0) is 28.9 Å². The Labute approximate surface area is 99.5 Å². The molecule has 0 atom stereocenters. The fourth-order valence-corrected chi connectivity index (χ4v) is 2.45. The van der Waals surface area contributed by atoms with Crippen molar-refractivity contribution in [3.63, 3.8) is 0 Å². The smallest absolute Gasteiger partial charge is 0.250 e. The molecule has 0 aliphatic carbocycles. The first-order valence-electron chi connectivity index (χ1n) is 4.42. The van der Waals surface area contributed by atoms with E-state index in [0.717, 1.165) is 14.4 Å². The molecule has 0 N–H and O–H groups in total. The summed E-state index contributed by atoms with van der Waals surface area (Å²) in [6, 6.07) is 3.30. The number of halogens is 1. The van der Waals surface area contributed by atoms with Gasteiger partial charge in [0.15, 0.2) is 0 Å². The minimum atomic E-state index is 0.00394. The average molecular weight is 285 g/mol. The Hall–Kier alpha value is -0.940. The van der Waals surface area contributed by atoms with Crippen molar-refractivity contribution in [2.24, 2.45) is 0 Å². The number of pyridine rings is 1. The van der Waals surface area contributed by atoms with Crippen LogP contribution >= 0.6 is 27.3 Å². The van der Waals surface area contributed by atoms with E-state index >= 15 is 0 Å². The SMILES string of the molecule is Cc1ncc(Cn2cc(Br)ccc2=O)s1.